The molecule has 0 saturated heterocycles. The van der Waals surface area contributed by atoms with Crippen LogP contribution >= 0.6 is 11.8 Å². The lowest BCUT2D eigenvalue weighted by atomic mass is 10.0. The zero-order valence-electron chi connectivity index (χ0n) is 8.54. The van der Waals surface area contributed by atoms with Crippen molar-refractivity contribution in [2.75, 3.05) is 12.3 Å². The first-order chi connectivity index (χ1) is 6.95. The van der Waals surface area contributed by atoms with Crippen LogP contribution in [0.2, 0.25) is 0 Å². The number of fused-ring (bicyclic) bond motifs is 1. The van der Waals surface area contributed by atoms with Gasteiger partial charge in [0.15, 0.2) is 5.17 Å². The summed E-state index contributed by atoms with van der Waals surface area (Å²) in [5.74, 6) is 3.25. The molecule has 78 valence electrons. The summed E-state index contributed by atoms with van der Waals surface area (Å²) in [5, 5.41) is 4.88. The highest BCUT2D eigenvalue weighted by atomic mass is 32.2. The van der Waals surface area contributed by atoms with Gasteiger partial charge in [-0.3, -0.25) is 4.99 Å². The van der Waals surface area contributed by atoms with E-state index in [-0.39, 0.29) is 0 Å². The van der Waals surface area contributed by atoms with Crippen LogP contribution in [-0.4, -0.2) is 23.5 Å². The first kappa shape index (κ1) is 9.08. The van der Waals surface area contributed by atoms with Gasteiger partial charge >= 0.3 is 0 Å². The summed E-state index contributed by atoms with van der Waals surface area (Å²) in [6, 6.07) is 0.793. The van der Waals surface area contributed by atoms with Crippen molar-refractivity contribution in [3.8, 4) is 0 Å². The van der Waals surface area contributed by atoms with Crippen LogP contribution in [0.25, 0.3) is 0 Å². The summed E-state index contributed by atoms with van der Waals surface area (Å²) in [5.41, 5.74) is 0. The van der Waals surface area contributed by atoms with Gasteiger partial charge in [-0.05, 0) is 31.1 Å². The quantitative estimate of drug-likeness (QED) is 0.718. The zero-order valence-corrected chi connectivity index (χ0v) is 9.35. The van der Waals surface area contributed by atoms with E-state index in [1.165, 1.54) is 43.0 Å². The number of amidine groups is 1. The van der Waals surface area contributed by atoms with Crippen LogP contribution < -0.4 is 5.32 Å². The standard InChI is InChI=1S/C11H18N2S/c1-2-5-9-8(4-1)10(9)13-11-12-6-3-7-14-11/h8-10H,1-7H2,(H,12,13). The van der Waals surface area contributed by atoms with Gasteiger partial charge in [-0.1, -0.05) is 24.6 Å². The van der Waals surface area contributed by atoms with E-state index in [4.69, 9.17) is 0 Å². The van der Waals surface area contributed by atoms with Crippen LogP contribution in [0.4, 0.5) is 0 Å². The van der Waals surface area contributed by atoms with Crippen LogP contribution in [0.5, 0.6) is 0 Å². The van der Waals surface area contributed by atoms with Crippen LogP contribution in [0.3, 0.4) is 0 Å². The summed E-state index contributed by atoms with van der Waals surface area (Å²) < 4.78 is 0. The van der Waals surface area contributed by atoms with Gasteiger partial charge in [0.05, 0.1) is 0 Å². The van der Waals surface area contributed by atoms with Gasteiger partial charge in [-0.15, -0.1) is 0 Å². The van der Waals surface area contributed by atoms with Crippen molar-refractivity contribution in [2.24, 2.45) is 16.8 Å². The lowest BCUT2D eigenvalue weighted by Crippen LogP contribution is -2.27. The molecule has 2 saturated carbocycles. The Labute approximate surface area is 89.9 Å². The van der Waals surface area contributed by atoms with Crippen molar-refractivity contribution < 1.29 is 0 Å². The topological polar surface area (TPSA) is 24.4 Å². The number of hydrogen-bond acceptors (Lipinski definition) is 3. The summed E-state index contributed by atoms with van der Waals surface area (Å²) in [4.78, 5) is 4.54. The first-order valence-corrected chi connectivity index (χ1v) is 6.87. The third-order valence-electron chi connectivity index (χ3n) is 3.74. The lowest BCUT2D eigenvalue weighted by Gasteiger charge is -2.12. The third kappa shape index (κ3) is 1.67. The van der Waals surface area contributed by atoms with E-state index in [2.05, 4.69) is 10.3 Å². The van der Waals surface area contributed by atoms with Gasteiger partial charge < -0.3 is 5.32 Å². The third-order valence-corrected chi connectivity index (χ3v) is 4.76. The Balaban J connectivity index is 1.55. The van der Waals surface area contributed by atoms with Crippen LogP contribution in [-0.2, 0) is 0 Å². The van der Waals surface area contributed by atoms with E-state index in [0.29, 0.717) is 0 Å². The molecule has 2 unspecified atom stereocenters. The minimum atomic E-state index is 0.793. The van der Waals surface area contributed by atoms with Gasteiger partial charge in [-0.2, -0.15) is 0 Å². The van der Waals surface area contributed by atoms with Crippen LogP contribution in [0.1, 0.15) is 32.1 Å². The molecule has 3 aliphatic rings. The molecule has 1 N–H and O–H groups in total. The molecule has 0 bridgehead atoms. The molecule has 1 aliphatic heterocycles. The summed E-state index contributed by atoms with van der Waals surface area (Å²) >= 11 is 1.92. The number of thioether (sulfide) groups is 1. The molecule has 0 amide bonds. The van der Waals surface area contributed by atoms with Crippen molar-refractivity contribution in [1.29, 1.82) is 0 Å². The fourth-order valence-corrected chi connectivity index (χ4v) is 3.76. The average Bonchev–Trinajstić information content (AvgIpc) is 2.94. The van der Waals surface area contributed by atoms with E-state index in [0.717, 1.165) is 24.4 Å². The second-order valence-electron chi connectivity index (χ2n) is 4.67. The maximum absolute atomic E-state index is 4.54. The Kier molecular flexibility index (Phi) is 2.44. The summed E-state index contributed by atoms with van der Waals surface area (Å²) in [6.45, 7) is 1.04. The number of nitrogens with one attached hydrogen (secondary N) is 1. The number of nitrogens with zero attached hydrogens (tertiary/aromatic N) is 1. The smallest absolute Gasteiger partial charge is 0.156 e. The largest absolute Gasteiger partial charge is 0.362 e. The van der Waals surface area contributed by atoms with Gasteiger partial charge in [0.2, 0.25) is 0 Å². The van der Waals surface area contributed by atoms with Crippen molar-refractivity contribution >= 4 is 16.9 Å². The predicted molar refractivity (Wildman–Crippen MR) is 61.7 cm³/mol. The minimum absolute atomic E-state index is 0.793. The molecule has 0 aromatic carbocycles. The average molecular weight is 210 g/mol. The highest BCUT2D eigenvalue weighted by molar-refractivity contribution is 8.13. The predicted octanol–water partition coefficient (Wildman–Crippen LogP) is 2.26. The van der Waals surface area contributed by atoms with Gasteiger partial charge in [-0.25, -0.2) is 0 Å². The SMILES string of the molecule is C1CN=C(NC2C3CCCCC32)SC1. The second kappa shape index (κ2) is 3.76. The van der Waals surface area contributed by atoms with Crippen molar-refractivity contribution in [2.45, 2.75) is 38.1 Å². The molecule has 14 heavy (non-hydrogen) atoms. The normalized spacial score (nSPS) is 41.1. The van der Waals surface area contributed by atoms with Crippen LogP contribution in [0.15, 0.2) is 4.99 Å². The van der Waals surface area contributed by atoms with Crippen molar-refractivity contribution in [3.63, 3.8) is 0 Å². The molecule has 2 atom stereocenters. The molecule has 1 heterocycles. The van der Waals surface area contributed by atoms with Gasteiger partial charge in [0, 0.05) is 18.3 Å². The Hall–Kier alpha value is -0.180. The van der Waals surface area contributed by atoms with E-state index >= 15 is 0 Å². The van der Waals surface area contributed by atoms with E-state index < -0.39 is 0 Å². The fraction of sp³-hybridized carbons (Fsp3) is 0.909. The molecule has 2 aliphatic carbocycles. The van der Waals surface area contributed by atoms with Crippen molar-refractivity contribution in [3.05, 3.63) is 0 Å². The molecule has 0 spiro atoms. The van der Waals surface area contributed by atoms with Crippen molar-refractivity contribution in [1.82, 2.24) is 5.32 Å². The molecule has 2 fully saturated rings. The minimum Gasteiger partial charge on any atom is -0.362 e. The number of hydrogen-bond donors (Lipinski definition) is 1. The highest BCUT2D eigenvalue weighted by Gasteiger charge is 2.50. The number of rotatable bonds is 1. The summed E-state index contributed by atoms with van der Waals surface area (Å²) in [6.07, 6.45) is 7.09. The Bertz CT molecular complexity index is 240. The van der Waals surface area contributed by atoms with Gasteiger partial charge in [0.25, 0.3) is 0 Å². The molecule has 0 aromatic rings. The molecule has 0 radical (unpaired) electrons. The monoisotopic (exact) mass is 210 g/mol. The van der Waals surface area contributed by atoms with Crippen LogP contribution in [0, 0.1) is 11.8 Å². The Morgan fingerprint density at radius 1 is 1.14 bits per heavy atom. The maximum atomic E-state index is 4.54. The second-order valence-corrected chi connectivity index (χ2v) is 5.75. The van der Waals surface area contributed by atoms with E-state index in [9.17, 15) is 0 Å². The molecule has 0 aromatic heterocycles. The first-order valence-electron chi connectivity index (χ1n) is 5.89. The Morgan fingerprint density at radius 3 is 2.57 bits per heavy atom. The molecular weight excluding hydrogens is 192 g/mol. The Morgan fingerprint density at radius 2 is 1.93 bits per heavy atom. The van der Waals surface area contributed by atoms with Gasteiger partial charge in [0.1, 0.15) is 0 Å². The lowest BCUT2D eigenvalue weighted by molar-refractivity contribution is 0.480. The fourth-order valence-electron chi connectivity index (χ4n) is 2.90. The van der Waals surface area contributed by atoms with E-state index in [1.807, 2.05) is 11.8 Å². The molecule has 3 heteroatoms. The number of aliphatic imine (C=N–C) groups is 1. The molecule has 3 rings (SSSR count). The van der Waals surface area contributed by atoms with E-state index in [1.54, 1.807) is 0 Å². The zero-order chi connectivity index (χ0) is 9.38. The maximum Gasteiger partial charge on any atom is 0.156 e. The highest BCUT2D eigenvalue weighted by Crippen LogP contribution is 2.49. The molecular formula is C11H18N2S. The summed E-state index contributed by atoms with van der Waals surface area (Å²) in [7, 11) is 0. The molecule has 2 nitrogen and oxygen atoms in total.